The number of hydrogen-bond donors (Lipinski definition) is 1. The average molecular weight is 248 g/mol. The van der Waals surface area contributed by atoms with E-state index in [1.54, 1.807) is 0 Å². The van der Waals surface area contributed by atoms with Gasteiger partial charge in [-0.1, -0.05) is 12.1 Å². The molecule has 2 rings (SSSR count). The molecule has 0 aromatic heterocycles. The second kappa shape index (κ2) is 6.21. The molecule has 1 aromatic carbocycles. The van der Waals surface area contributed by atoms with E-state index in [-0.39, 0.29) is 6.04 Å². The molecule has 3 heteroatoms. The van der Waals surface area contributed by atoms with Crippen molar-refractivity contribution in [2.24, 2.45) is 5.73 Å². The summed E-state index contributed by atoms with van der Waals surface area (Å²) in [6.07, 6.45) is 2.67. The predicted octanol–water partition coefficient (Wildman–Crippen LogP) is 2.49. The fourth-order valence-corrected chi connectivity index (χ4v) is 2.41. The van der Waals surface area contributed by atoms with Crippen molar-refractivity contribution in [3.05, 3.63) is 29.3 Å². The minimum absolute atomic E-state index is 0.0855. The van der Waals surface area contributed by atoms with Gasteiger partial charge in [0.05, 0.1) is 0 Å². The van der Waals surface area contributed by atoms with Gasteiger partial charge in [-0.15, -0.1) is 0 Å². The Hall–Kier alpha value is -1.06. The van der Waals surface area contributed by atoms with Crippen LogP contribution in [0, 0.1) is 6.92 Å². The third-order valence-electron chi connectivity index (χ3n) is 3.59. The zero-order valence-corrected chi connectivity index (χ0v) is 11.5. The van der Waals surface area contributed by atoms with Crippen LogP contribution in [0.4, 0.5) is 0 Å². The average Bonchev–Trinajstić information content (AvgIpc) is 2.84. The molecule has 1 aliphatic heterocycles. The molecular weight excluding hydrogens is 224 g/mol. The summed E-state index contributed by atoms with van der Waals surface area (Å²) in [6.45, 7) is 8.35. The number of hydrogen-bond acceptors (Lipinski definition) is 3. The molecular formula is C15H24N2O. The smallest absolute Gasteiger partial charge is 0.122 e. The number of ether oxygens (including phenoxy) is 1. The largest absolute Gasteiger partial charge is 0.492 e. The molecule has 1 aromatic rings. The van der Waals surface area contributed by atoms with Crippen LogP contribution in [-0.2, 0) is 0 Å². The van der Waals surface area contributed by atoms with E-state index in [4.69, 9.17) is 10.5 Å². The van der Waals surface area contributed by atoms with Gasteiger partial charge >= 0.3 is 0 Å². The minimum Gasteiger partial charge on any atom is -0.492 e. The van der Waals surface area contributed by atoms with Crippen LogP contribution in [0.3, 0.4) is 0 Å². The van der Waals surface area contributed by atoms with Crippen molar-refractivity contribution in [2.45, 2.75) is 32.7 Å². The van der Waals surface area contributed by atoms with Gasteiger partial charge in [-0.2, -0.15) is 0 Å². The molecule has 100 valence electrons. The third kappa shape index (κ3) is 3.47. The molecule has 0 amide bonds. The van der Waals surface area contributed by atoms with Gasteiger partial charge < -0.3 is 10.5 Å². The first-order chi connectivity index (χ1) is 8.66. The van der Waals surface area contributed by atoms with Gasteiger partial charge in [0.15, 0.2) is 0 Å². The number of nitrogens with zero attached hydrogens (tertiary/aromatic N) is 1. The van der Waals surface area contributed by atoms with Crippen molar-refractivity contribution in [2.75, 3.05) is 26.2 Å². The molecule has 0 saturated carbocycles. The lowest BCUT2D eigenvalue weighted by Gasteiger charge is -2.16. The molecule has 1 aliphatic rings. The Morgan fingerprint density at radius 3 is 2.67 bits per heavy atom. The molecule has 0 unspecified atom stereocenters. The summed E-state index contributed by atoms with van der Waals surface area (Å²) in [7, 11) is 0. The maximum Gasteiger partial charge on any atom is 0.122 e. The van der Waals surface area contributed by atoms with Crippen LogP contribution in [0.5, 0.6) is 5.75 Å². The second-order valence-electron chi connectivity index (χ2n) is 5.21. The lowest BCUT2D eigenvalue weighted by molar-refractivity contribution is 0.237. The van der Waals surface area contributed by atoms with E-state index in [0.717, 1.165) is 18.9 Å². The number of likely N-dealkylation sites (tertiary alicyclic amines) is 1. The summed E-state index contributed by atoms with van der Waals surface area (Å²) in [6, 6.07) is 6.30. The standard InChI is InChI=1S/C15H24N2O/c1-12-11-14(13(2)16)5-6-15(12)18-10-9-17-7-3-4-8-17/h5-6,11,13H,3-4,7-10,16H2,1-2H3/t13-/m1/s1. The highest BCUT2D eigenvalue weighted by Gasteiger charge is 2.11. The molecule has 18 heavy (non-hydrogen) atoms. The van der Waals surface area contributed by atoms with Crippen LogP contribution in [0.1, 0.15) is 36.9 Å². The van der Waals surface area contributed by atoms with Gasteiger partial charge in [-0.05, 0) is 57.0 Å². The normalized spacial score (nSPS) is 17.9. The predicted molar refractivity (Wildman–Crippen MR) is 75.0 cm³/mol. The molecule has 3 nitrogen and oxygen atoms in total. The molecule has 1 heterocycles. The topological polar surface area (TPSA) is 38.5 Å². The van der Waals surface area contributed by atoms with E-state index in [9.17, 15) is 0 Å². The van der Waals surface area contributed by atoms with E-state index < -0.39 is 0 Å². The van der Waals surface area contributed by atoms with E-state index in [1.165, 1.54) is 37.1 Å². The SMILES string of the molecule is Cc1cc([C@@H](C)N)ccc1OCCN1CCCC1. The van der Waals surface area contributed by atoms with Gasteiger partial charge in [0, 0.05) is 12.6 Å². The fraction of sp³-hybridized carbons (Fsp3) is 0.600. The Morgan fingerprint density at radius 2 is 2.06 bits per heavy atom. The highest BCUT2D eigenvalue weighted by atomic mass is 16.5. The number of benzene rings is 1. The Labute approximate surface area is 110 Å². The summed E-state index contributed by atoms with van der Waals surface area (Å²) in [5.41, 5.74) is 8.21. The van der Waals surface area contributed by atoms with Gasteiger partial charge in [-0.25, -0.2) is 0 Å². The third-order valence-corrected chi connectivity index (χ3v) is 3.59. The second-order valence-corrected chi connectivity index (χ2v) is 5.21. The highest BCUT2D eigenvalue weighted by molar-refractivity contribution is 5.37. The minimum atomic E-state index is 0.0855. The van der Waals surface area contributed by atoms with Crippen molar-refractivity contribution in [1.29, 1.82) is 0 Å². The molecule has 2 N–H and O–H groups in total. The summed E-state index contributed by atoms with van der Waals surface area (Å²) in [4.78, 5) is 2.46. The maximum absolute atomic E-state index is 5.87. The van der Waals surface area contributed by atoms with Gasteiger partial charge in [0.1, 0.15) is 12.4 Å². The number of rotatable bonds is 5. The molecule has 1 saturated heterocycles. The molecule has 1 atom stereocenters. The van der Waals surface area contributed by atoms with E-state index in [2.05, 4.69) is 24.0 Å². The Bertz CT molecular complexity index is 384. The van der Waals surface area contributed by atoms with E-state index in [0.29, 0.717) is 0 Å². The molecule has 1 fully saturated rings. The summed E-state index contributed by atoms with van der Waals surface area (Å²) >= 11 is 0. The fourth-order valence-electron chi connectivity index (χ4n) is 2.41. The van der Waals surface area contributed by atoms with E-state index in [1.807, 2.05) is 13.0 Å². The van der Waals surface area contributed by atoms with Crippen molar-refractivity contribution in [1.82, 2.24) is 4.90 Å². The van der Waals surface area contributed by atoms with Crippen LogP contribution in [0.15, 0.2) is 18.2 Å². The number of aryl methyl sites for hydroxylation is 1. The first-order valence-corrected chi connectivity index (χ1v) is 6.88. The van der Waals surface area contributed by atoms with E-state index >= 15 is 0 Å². The Kier molecular flexibility index (Phi) is 4.61. The van der Waals surface area contributed by atoms with Gasteiger partial charge in [0.2, 0.25) is 0 Å². The lowest BCUT2D eigenvalue weighted by atomic mass is 10.1. The molecule has 0 aliphatic carbocycles. The summed E-state index contributed by atoms with van der Waals surface area (Å²) < 4.78 is 5.85. The lowest BCUT2D eigenvalue weighted by Crippen LogP contribution is -2.25. The van der Waals surface area contributed by atoms with Crippen LogP contribution >= 0.6 is 0 Å². The van der Waals surface area contributed by atoms with Crippen molar-refractivity contribution in [3.8, 4) is 5.75 Å². The number of nitrogens with two attached hydrogens (primary N) is 1. The summed E-state index contributed by atoms with van der Waals surface area (Å²) in [5, 5.41) is 0. The first-order valence-electron chi connectivity index (χ1n) is 6.88. The van der Waals surface area contributed by atoms with Crippen LogP contribution < -0.4 is 10.5 Å². The van der Waals surface area contributed by atoms with Crippen molar-refractivity contribution in [3.63, 3.8) is 0 Å². The van der Waals surface area contributed by atoms with Gasteiger partial charge in [0.25, 0.3) is 0 Å². The summed E-state index contributed by atoms with van der Waals surface area (Å²) in [5.74, 6) is 0.985. The Morgan fingerprint density at radius 1 is 1.33 bits per heavy atom. The van der Waals surface area contributed by atoms with Crippen LogP contribution in [0.2, 0.25) is 0 Å². The molecule has 0 spiro atoms. The molecule has 0 radical (unpaired) electrons. The maximum atomic E-state index is 5.87. The van der Waals surface area contributed by atoms with Crippen molar-refractivity contribution < 1.29 is 4.74 Å². The Balaban J connectivity index is 1.85. The first kappa shape index (κ1) is 13.4. The quantitative estimate of drug-likeness (QED) is 0.870. The zero-order chi connectivity index (χ0) is 13.0. The zero-order valence-electron chi connectivity index (χ0n) is 11.5. The monoisotopic (exact) mass is 248 g/mol. The van der Waals surface area contributed by atoms with Crippen molar-refractivity contribution >= 4 is 0 Å². The van der Waals surface area contributed by atoms with Gasteiger partial charge in [-0.3, -0.25) is 4.90 Å². The van der Waals surface area contributed by atoms with Crippen LogP contribution in [-0.4, -0.2) is 31.1 Å². The molecule has 0 bridgehead atoms. The highest BCUT2D eigenvalue weighted by Crippen LogP contribution is 2.21. The van der Waals surface area contributed by atoms with Crippen LogP contribution in [0.25, 0.3) is 0 Å².